The molecule has 105 valence electrons. The van der Waals surface area contributed by atoms with Gasteiger partial charge in [0.1, 0.15) is 0 Å². The van der Waals surface area contributed by atoms with Crippen LogP contribution in [0.1, 0.15) is 24.2 Å². The molecule has 21 heavy (non-hydrogen) atoms. The molecule has 0 saturated heterocycles. The zero-order valence-electron chi connectivity index (χ0n) is 11.9. The standard InChI is InChI=1S/C18H15O3/c1-11(2)21-18(20)13-9-16-14-6-4-3-5-12(14)7-8-15(16)17(19)10-13/h3-11H,1-2H3. The molecule has 0 fully saturated rings. The Kier molecular flexibility index (Phi) is 3.26. The first-order valence-corrected chi connectivity index (χ1v) is 6.90. The largest absolute Gasteiger partial charge is 0.459 e. The van der Waals surface area contributed by atoms with Gasteiger partial charge in [0, 0.05) is 11.5 Å². The molecule has 0 aliphatic rings. The lowest BCUT2D eigenvalue weighted by molar-refractivity contribution is 0.0377. The van der Waals surface area contributed by atoms with E-state index in [2.05, 4.69) is 0 Å². The molecule has 0 aromatic heterocycles. The predicted octanol–water partition coefficient (Wildman–Crippen LogP) is 4.70. The average Bonchev–Trinajstić information content (AvgIpc) is 2.46. The Bertz CT molecular complexity index is 834. The van der Waals surface area contributed by atoms with Gasteiger partial charge in [-0.1, -0.05) is 30.3 Å². The highest BCUT2D eigenvalue weighted by molar-refractivity contribution is 6.11. The van der Waals surface area contributed by atoms with Crippen LogP contribution in [0.5, 0.6) is 5.75 Å². The van der Waals surface area contributed by atoms with Crippen molar-refractivity contribution in [1.29, 1.82) is 0 Å². The molecule has 0 aliphatic heterocycles. The number of benzene rings is 3. The van der Waals surface area contributed by atoms with Crippen molar-refractivity contribution in [2.24, 2.45) is 0 Å². The molecule has 3 rings (SSSR count). The fourth-order valence-corrected chi connectivity index (χ4v) is 2.48. The van der Waals surface area contributed by atoms with Crippen molar-refractivity contribution in [2.45, 2.75) is 20.0 Å². The van der Waals surface area contributed by atoms with E-state index in [0.29, 0.717) is 10.9 Å². The fourth-order valence-electron chi connectivity index (χ4n) is 2.48. The van der Waals surface area contributed by atoms with E-state index in [1.165, 1.54) is 6.07 Å². The summed E-state index contributed by atoms with van der Waals surface area (Å²) in [6.45, 7) is 3.57. The molecular formula is C18H15O3. The third-order valence-corrected chi connectivity index (χ3v) is 3.40. The van der Waals surface area contributed by atoms with Crippen molar-refractivity contribution in [1.82, 2.24) is 0 Å². The van der Waals surface area contributed by atoms with Gasteiger partial charge in [0.15, 0.2) is 5.75 Å². The summed E-state index contributed by atoms with van der Waals surface area (Å²) in [5.41, 5.74) is 0.303. The summed E-state index contributed by atoms with van der Waals surface area (Å²) in [6, 6.07) is 14.6. The van der Waals surface area contributed by atoms with Gasteiger partial charge < -0.3 is 4.74 Å². The van der Waals surface area contributed by atoms with Crippen LogP contribution in [0.3, 0.4) is 0 Å². The maximum Gasteiger partial charge on any atom is 0.338 e. The van der Waals surface area contributed by atoms with Gasteiger partial charge in [-0.15, -0.1) is 0 Å². The second-order valence-electron chi connectivity index (χ2n) is 5.31. The van der Waals surface area contributed by atoms with E-state index in [0.717, 1.165) is 16.2 Å². The highest BCUT2D eigenvalue weighted by Crippen LogP contribution is 2.33. The summed E-state index contributed by atoms with van der Waals surface area (Å²) in [6.07, 6.45) is -0.212. The predicted molar refractivity (Wildman–Crippen MR) is 82.1 cm³/mol. The van der Waals surface area contributed by atoms with E-state index in [1.54, 1.807) is 26.0 Å². The number of hydrogen-bond acceptors (Lipinski definition) is 2. The van der Waals surface area contributed by atoms with Gasteiger partial charge in [0.05, 0.1) is 11.7 Å². The number of fused-ring (bicyclic) bond motifs is 3. The Morgan fingerprint density at radius 2 is 1.71 bits per heavy atom. The summed E-state index contributed by atoms with van der Waals surface area (Å²) in [4.78, 5) is 12.0. The second-order valence-corrected chi connectivity index (χ2v) is 5.31. The van der Waals surface area contributed by atoms with Gasteiger partial charge in [-0.2, -0.15) is 0 Å². The quantitative estimate of drug-likeness (QED) is 0.504. The lowest BCUT2D eigenvalue weighted by Gasteiger charge is -2.10. The smallest absolute Gasteiger partial charge is 0.338 e. The molecule has 0 unspecified atom stereocenters. The number of carbonyl (C=O) groups excluding carboxylic acids is 1. The molecule has 3 heteroatoms. The molecule has 0 atom stereocenters. The Morgan fingerprint density at radius 1 is 0.952 bits per heavy atom. The summed E-state index contributed by atoms with van der Waals surface area (Å²) < 4.78 is 5.17. The zero-order valence-corrected chi connectivity index (χ0v) is 11.9. The van der Waals surface area contributed by atoms with Gasteiger partial charge in [0.2, 0.25) is 0 Å². The summed E-state index contributed by atoms with van der Waals surface area (Å²) in [5, 5.41) is 15.6. The fraction of sp³-hybridized carbons (Fsp3) is 0.167. The minimum Gasteiger partial charge on any atom is -0.459 e. The summed E-state index contributed by atoms with van der Waals surface area (Å²) in [7, 11) is 0. The van der Waals surface area contributed by atoms with Crippen LogP contribution in [0.2, 0.25) is 0 Å². The van der Waals surface area contributed by atoms with E-state index in [4.69, 9.17) is 4.74 Å². The Hall–Kier alpha value is -2.55. The number of esters is 1. The van der Waals surface area contributed by atoms with Crippen molar-refractivity contribution >= 4 is 27.5 Å². The molecule has 0 saturated carbocycles. The van der Waals surface area contributed by atoms with E-state index >= 15 is 0 Å². The van der Waals surface area contributed by atoms with Crippen molar-refractivity contribution < 1.29 is 14.6 Å². The summed E-state index contributed by atoms with van der Waals surface area (Å²) in [5.74, 6) is -0.620. The lowest BCUT2D eigenvalue weighted by Crippen LogP contribution is -2.11. The Morgan fingerprint density at radius 3 is 2.48 bits per heavy atom. The summed E-state index contributed by atoms with van der Waals surface area (Å²) >= 11 is 0. The molecule has 0 aliphatic carbocycles. The van der Waals surface area contributed by atoms with Crippen LogP contribution in [0.25, 0.3) is 21.5 Å². The first-order chi connectivity index (χ1) is 10.1. The van der Waals surface area contributed by atoms with Crippen molar-refractivity contribution in [3.63, 3.8) is 0 Å². The minimum absolute atomic E-state index is 0.158. The molecule has 3 nitrogen and oxygen atoms in total. The van der Waals surface area contributed by atoms with Gasteiger partial charge in [-0.25, -0.2) is 4.79 Å². The van der Waals surface area contributed by atoms with E-state index in [1.807, 2.05) is 30.3 Å². The normalized spacial score (nSPS) is 11.2. The molecule has 0 N–H and O–H groups in total. The third-order valence-electron chi connectivity index (χ3n) is 3.40. The van der Waals surface area contributed by atoms with Crippen molar-refractivity contribution in [2.75, 3.05) is 0 Å². The van der Waals surface area contributed by atoms with Crippen LogP contribution < -0.4 is 0 Å². The van der Waals surface area contributed by atoms with E-state index < -0.39 is 5.97 Å². The van der Waals surface area contributed by atoms with Crippen LogP contribution in [0, 0.1) is 0 Å². The second kappa shape index (κ2) is 5.09. The number of ether oxygens (including phenoxy) is 1. The number of rotatable bonds is 2. The van der Waals surface area contributed by atoms with Crippen LogP contribution in [0.15, 0.2) is 48.5 Å². The number of carbonyl (C=O) groups is 1. The van der Waals surface area contributed by atoms with Crippen LogP contribution >= 0.6 is 0 Å². The van der Waals surface area contributed by atoms with Crippen LogP contribution in [-0.4, -0.2) is 12.1 Å². The van der Waals surface area contributed by atoms with Crippen molar-refractivity contribution in [3.05, 3.63) is 54.1 Å². The third kappa shape index (κ3) is 2.42. The lowest BCUT2D eigenvalue weighted by atomic mass is 9.99. The van der Waals surface area contributed by atoms with Gasteiger partial charge in [-0.05, 0) is 42.1 Å². The van der Waals surface area contributed by atoms with Gasteiger partial charge in [0.25, 0.3) is 0 Å². The molecule has 3 aromatic carbocycles. The average molecular weight is 279 g/mol. The highest BCUT2D eigenvalue weighted by Gasteiger charge is 2.14. The number of hydrogen-bond donors (Lipinski definition) is 0. The Balaban J connectivity index is 2.26. The zero-order chi connectivity index (χ0) is 15.0. The minimum atomic E-state index is -0.461. The van der Waals surface area contributed by atoms with Crippen molar-refractivity contribution in [3.8, 4) is 5.75 Å². The SMILES string of the molecule is CC(C)OC(=O)c1cc([O])c2ccc3ccccc3c2c1. The van der Waals surface area contributed by atoms with Crippen LogP contribution in [-0.2, 0) is 9.84 Å². The monoisotopic (exact) mass is 279 g/mol. The maximum atomic E-state index is 12.2. The topological polar surface area (TPSA) is 46.2 Å². The molecule has 0 amide bonds. The van der Waals surface area contributed by atoms with Gasteiger partial charge in [-0.3, -0.25) is 5.11 Å². The first kappa shape index (κ1) is 13.4. The first-order valence-electron chi connectivity index (χ1n) is 6.90. The van der Waals surface area contributed by atoms with Gasteiger partial charge >= 0.3 is 5.97 Å². The molecule has 3 aromatic rings. The molecule has 0 heterocycles. The van der Waals surface area contributed by atoms with E-state index in [9.17, 15) is 9.90 Å². The molecule has 1 radical (unpaired) electrons. The van der Waals surface area contributed by atoms with Crippen LogP contribution in [0.4, 0.5) is 0 Å². The highest BCUT2D eigenvalue weighted by atomic mass is 16.5. The Labute approximate surface area is 122 Å². The molecular weight excluding hydrogens is 264 g/mol. The molecule has 0 spiro atoms. The van der Waals surface area contributed by atoms with E-state index in [-0.39, 0.29) is 11.9 Å². The maximum absolute atomic E-state index is 12.2. The molecule has 0 bridgehead atoms.